The van der Waals surface area contributed by atoms with Crippen molar-refractivity contribution in [2.45, 2.75) is 26.3 Å². The summed E-state index contributed by atoms with van der Waals surface area (Å²) in [6, 6.07) is 9.94. The third kappa shape index (κ3) is 6.46. The molecular weight excluding hydrogens is 483 g/mol. The Balaban J connectivity index is 2.04. The number of nitrogens with two attached hydrogens (primary N) is 1. The highest BCUT2D eigenvalue weighted by atomic mass is 32.2. The number of methoxy groups -OCH3 is 1. The quantitative estimate of drug-likeness (QED) is 0.496. The first-order valence-corrected chi connectivity index (χ1v) is 13.8. The lowest BCUT2D eigenvalue weighted by Crippen LogP contribution is -2.43. The molecule has 0 aromatic heterocycles. The monoisotopic (exact) mass is 516 g/mol. The van der Waals surface area contributed by atoms with Crippen LogP contribution < -0.4 is 15.2 Å². The average molecular weight is 517 g/mol. The van der Waals surface area contributed by atoms with Gasteiger partial charge in [-0.3, -0.25) is 4.90 Å². The van der Waals surface area contributed by atoms with Gasteiger partial charge in [0.25, 0.3) is 0 Å². The number of primary amides is 1. The van der Waals surface area contributed by atoms with Gasteiger partial charge in [-0.25, -0.2) is 17.6 Å². The number of urea groups is 1. The van der Waals surface area contributed by atoms with E-state index in [1.165, 1.54) is 18.1 Å². The predicted molar refractivity (Wildman–Crippen MR) is 138 cm³/mol. The van der Waals surface area contributed by atoms with Crippen LogP contribution in [-0.2, 0) is 16.3 Å². The molecule has 9 heteroatoms. The molecule has 0 fully saturated rings. The van der Waals surface area contributed by atoms with E-state index in [-0.39, 0.29) is 23.4 Å². The van der Waals surface area contributed by atoms with E-state index in [4.69, 9.17) is 15.2 Å². The molecule has 0 aliphatic heterocycles. The van der Waals surface area contributed by atoms with Crippen molar-refractivity contribution >= 4 is 15.9 Å². The summed E-state index contributed by atoms with van der Waals surface area (Å²) in [5.74, 6) is -0.0886. The van der Waals surface area contributed by atoms with Gasteiger partial charge in [-0.15, -0.1) is 0 Å². The fourth-order valence-corrected chi connectivity index (χ4v) is 5.45. The number of ether oxygens (including phenoxy) is 2. The lowest BCUT2D eigenvalue weighted by Gasteiger charge is -2.38. The van der Waals surface area contributed by atoms with Crippen LogP contribution in [0, 0.1) is 17.7 Å². The van der Waals surface area contributed by atoms with Crippen molar-refractivity contribution in [2.24, 2.45) is 17.6 Å². The van der Waals surface area contributed by atoms with E-state index < -0.39 is 21.9 Å². The molecule has 36 heavy (non-hydrogen) atoms. The fourth-order valence-electron chi connectivity index (χ4n) is 4.53. The number of benzene rings is 2. The zero-order valence-corrected chi connectivity index (χ0v) is 21.8. The zero-order valence-electron chi connectivity index (χ0n) is 21.0. The van der Waals surface area contributed by atoms with Gasteiger partial charge in [0.05, 0.1) is 25.5 Å². The van der Waals surface area contributed by atoms with Gasteiger partial charge >= 0.3 is 6.03 Å². The SMILES string of the molecule is CCOc1cc(C(CS(C)(=O)=O)N(C(N)=O)C2=CC=CC(Cc3ccccc3F)C2C)ccc1OC. The fraction of sp³-hybridized carbons (Fsp3) is 0.370. The Morgan fingerprint density at radius 1 is 1.19 bits per heavy atom. The Morgan fingerprint density at radius 3 is 2.53 bits per heavy atom. The van der Waals surface area contributed by atoms with Crippen LogP contribution in [-0.4, -0.2) is 45.1 Å². The molecule has 3 unspecified atom stereocenters. The maximum atomic E-state index is 14.3. The highest BCUT2D eigenvalue weighted by molar-refractivity contribution is 7.90. The van der Waals surface area contributed by atoms with Gasteiger partial charge in [-0.2, -0.15) is 0 Å². The van der Waals surface area contributed by atoms with Crippen LogP contribution in [0.25, 0.3) is 0 Å². The minimum Gasteiger partial charge on any atom is -0.493 e. The van der Waals surface area contributed by atoms with Crippen molar-refractivity contribution in [3.63, 3.8) is 0 Å². The topological polar surface area (TPSA) is 98.9 Å². The molecule has 194 valence electrons. The number of sulfone groups is 1. The average Bonchev–Trinajstić information content (AvgIpc) is 2.81. The molecule has 2 aromatic carbocycles. The van der Waals surface area contributed by atoms with Crippen molar-refractivity contribution < 1.29 is 27.1 Å². The Hall–Kier alpha value is -3.33. The smallest absolute Gasteiger partial charge is 0.319 e. The van der Waals surface area contributed by atoms with Crippen LogP contribution in [0.5, 0.6) is 11.5 Å². The van der Waals surface area contributed by atoms with Crippen molar-refractivity contribution in [3.8, 4) is 11.5 Å². The third-order valence-electron chi connectivity index (χ3n) is 6.31. The van der Waals surface area contributed by atoms with Crippen LogP contribution in [0.3, 0.4) is 0 Å². The van der Waals surface area contributed by atoms with Crippen LogP contribution in [0.15, 0.2) is 66.4 Å². The number of rotatable bonds is 10. The van der Waals surface area contributed by atoms with Crippen LogP contribution >= 0.6 is 0 Å². The maximum Gasteiger partial charge on any atom is 0.319 e. The molecule has 1 aliphatic carbocycles. The minimum absolute atomic E-state index is 0.127. The van der Waals surface area contributed by atoms with Gasteiger partial charge in [-0.05, 0) is 54.7 Å². The molecule has 2 aromatic rings. The van der Waals surface area contributed by atoms with Crippen LogP contribution in [0.1, 0.15) is 31.0 Å². The highest BCUT2D eigenvalue weighted by Gasteiger charge is 2.35. The molecule has 7 nitrogen and oxygen atoms in total. The molecule has 0 saturated heterocycles. The first kappa shape index (κ1) is 27.3. The first-order valence-electron chi connectivity index (χ1n) is 11.7. The molecule has 2 N–H and O–H groups in total. The Bertz CT molecular complexity index is 1260. The van der Waals surface area contributed by atoms with E-state index in [9.17, 15) is 17.6 Å². The predicted octanol–water partition coefficient (Wildman–Crippen LogP) is 4.65. The van der Waals surface area contributed by atoms with Gasteiger partial charge in [0, 0.05) is 17.9 Å². The number of nitrogens with zero attached hydrogens (tertiary/aromatic N) is 1. The molecule has 3 atom stereocenters. The lowest BCUT2D eigenvalue weighted by atomic mass is 9.81. The second-order valence-electron chi connectivity index (χ2n) is 8.88. The lowest BCUT2D eigenvalue weighted by molar-refractivity contribution is 0.196. The Kier molecular flexibility index (Phi) is 8.79. The molecule has 0 heterocycles. The standard InChI is InChI=1S/C27H33FN2O5S/c1-5-35-26-16-21(13-14-25(26)34-3)24(17-36(4,32)33)30(27(29)31)23-12-8-10-19(18(23)2)15-20-9-6-7-11-22(20)28/h6-14,16,18-19,24H,5,15,17H2,1-4H3,(H2,29,31). The molecule has 0 saturated carbocycles. The molecule has 1 aliphatic rings. The Morgan fingerprint density at radius 2 is 1.92 bits per heavy atom. The summed E-state index contributed by atoms with van der Waals surface area (Å²) in [4.78, 5) is 14.2. The van der Waals surface area contributed by atoms with Gasteiger partial charge < -0.3 is 15.2 Å². The zero-order chi connectivity index (χ0) is 26.5. The van der Waals surface area contributed by atoms with E-state index in [2.05, 4.69) is 0 Å². The van der Waals surface area contributed by atoms with Gasteiger partial charge in [-0.1, -0.05) is 43.3 Å². The van der Waals surface area contributed by atoms with E-state index in [0.717, 1.165) is 6.26 Å². The van der Waals surface area contributed by atoms with Gasteiger partial charge in [0.2, 0.25) is 0 Å². The summed E-state index contributed by atoms with van der Waals surface area (Å²) in [6.45, 7) is 4.13. The third-order valence-corrected chi connectivity index (χ3v) is 7.23. The van der Waals surface area contributed by atoms with Crippen LogP contribution in [0.2, 0.25) is 0 Å². The number of amides is 2. The van der Waals surface area contributed by atoms with Crippen molar-refractivity contribution in [3.05, 3.63) is 83.3 Å². The first-order chi connectivity index (χ1) is 17.1. The van der Waals surface area contributed by atoms with E-state index in [0.29, 0.717) is 41.4 Å². The molecule has 3 rings (SSSR count). The number of hydrogen-bond donors (Lipinski definition) is 1. The van der Waals surface area contributed by atoms with E-state index in [1.54, 1.807) is 48.6 Å². The molecular formula is C27H33FN2O5S. The second-order valence-corrected chi connectivity index (χ2v) is 11.1. The highest BCUT2D eigenvalue weighted by Crippen LogP contribution is 2.38. The normalized spacial score (nSPS) is 18.3. The van der Waals surface area contributed by atoms with Gasteiger partial charge in [0.15, 0.2) is 11.5 Å². The minimum atomic E-state index is -3.53. The number of allylic oxidation sites excluding steroid dienone is 4. The molecule has 2 amide bonds. The second kappa shape index (κ2) is 11.6. The number of carbonyl (C=O) groups excluding carboxylic acids is 1. The van der Waals surface area contributed by atoms with Crippen molar-refractivity contribution in [1.29, 1.82) is 0 Å². The molecule has 0 bridgehead atoms. The summed E-state index contributed by atoms with van der Waals surface area (Å²) in [6.07, 6.45) is 7.06. The summed E-state index contributed by atoms with van der Waals surface area (Å²) in [5, 5.41) is 0. The van der Waals surface area contributed by atoms with Crippen molar-refractivity contribution in [2.75, 3.05) is 25.7 Å². The van der Waals surface area contributed by atoms with Gasteiger partial charge in [0.1, 0.15) is 15.7 Å². The molecule has 0 spiro atoms. The summed E-state index contributed by atoms with van der Waals surface area (Å²) in [5.41, 5.74) is 7.54. The van der Waals surface area contributed by atoms with Crippen LogP contribution in [0.4, 0.5) is 9.18 Å². The largest absolute Gasteiger partial charge is 0.493 e. The number of carbonyl (C=O) groups is 1. The molecule has 0 radical (unpaired) electrons. The van der Waals surface area contributed by atoms with Crippen molar-refractivity contribution in [1.82, 2.24) is 4.90 Å². The number of hydrogen-bond acceptors (Lipinski definition) is 5. The summed E-state index contributed by atoms with van der Waals surface area (Å²) >= 11 is 0. The maximum absolute atomic E-state index is 14.3. The summed E-state index contributed by atoms with van der Waals surface area (Å²) < 4.78 is 50.3. The summed E-state index contributed by atoms with van der Waals surface area (Å²) in [7, 11) is -2.02. The number of halogens is 1. The Labute approximate surface area is 212 Å². The van der Waals surface area contributed by atoms with E-state index in [1.807, 2.05) is 19.9 Å². The van der Waals surface area contributed by atoms with E-state index >= 15 is 0 Å².